The number of carbonyl (C=O) groups is 2. The van der Waals surface area contributed by atoms with Crippen molar-refractivity contribution in [2.45, 2.75) is 18.9 Å². The van der Waals surface area contributed by atoms with Crippen LogP contribution in [-0.2, 0) is 16.0 Å². The Balaban J connectivity index is 1.52. The lowest BCUT2D eigenvalue weighted by Crippen LogP contribution is -2.39. The Labute approximate surface area is 208 Å². The average molecular weight is 492 g/mol. The van der Waals surface area contributed by atoms with Crippen LogP contribution in [0.2, 0.25) is 0 Å². The van der Waals surface area contributed by atoms with Crippen molar-refractivity contribution in [3.8, 4) is 11.6 Å². The zero-order chi connectivity index (χ0) is 24.8. The molecule has 35 heavy (non-hydrogen) atoms. The molecule has 1 atom stereocenters. The van der Waals surface area contributed by atoms with Crippen molar-refractivity contribution >= 4 is 40.6 Å². The fourth-order valence-corrected chi connectivity index (χ4v) is 4.22. The number of benzene rings is 2. The first-order valence-electron chi connectivity index (χ1n) is 11.0. The number of rotatable bonds is 9. The number of thiocarbonyl (C=S) groups is 1. The molecule has 0 spiro atoms. The first-order chi connectivity index (χ1) is 17.0. The fraction of sp³-hybridized carbons (Fsp3) is 0.240. The molecule has 1 unspecified atom stereocenters. The molecule has 4 rings (SSSR count). The van der Waals surface area contributed by atoms with E-state index in [4.69, 9.17) is 21.7 Å². The first kappa shape index (κ1) is 24.1. The van der Waals surface area contributed by atoms with Crippen LogP contribution < -0.4 is 19.7 Å². The Morgan fingerprint density at radius 3 is 2.37 bits per heavy atom. The molecule has 1 aromatic heterocycles. The molecule has 2 aromatic carbocycles. The van der Waals surface area contributed by atoms with Crippen molar-refractivity contribution in [3.05, 3.63) is 72.3 Å². The van der Waals surface area contributed by atoms with Crippen LogP contribution in [0.5, 0.6) is 11.6 Å². The molecule has 0 saturated carbocycles. The molecule has 180 valence electrons. The van der Waals surface area contributed by atoms with E-state index in [1.807, 2.05) is 59.5 Å². The molecule has 9 nitrogen and oxygen atoms in total. The molecule has 1 aliphatic heterocycles. The van der Waals surface area contributed by atoms with Gasteiger partial charge in [0.25, 0.3) is 5.91 Å². The second-order valence-corrected chi connectivity index (χ2v) is 8.18. The van der Waals surface area contributed by atoms with E-state index in [0.29, 0.717) is 29.6 Å². The van der Waals surface area contributed by atoms with E-state index in [1.165, 1.54) is 12.0 Å². The van der Waals surface area contributed by atoms with Crippen LogP contribution in [0.4, 0.5) is 11.5 Å². The van der Waals surface area contributed by atoms with Gasteiger partial charge in [-0.25, -0.2) is 0 Å². The second kappa shape index (κ2) is 10.9. The zero-order valence-electron chi connectivity index (χ0n) is 19.4. The summed E-state index contributed by atoms with van der Waals surface area (Å²) in [5, 5.41) is 10.8. The Morgan fingerprint density at radius 2 is 1.74 bits per heavy atom. The fourth-order valence-electron chi connectivity index (χ4n) is 3.81. The summed E-state index contributed by atoms with van der Waals surface area (Å²) in [7, 11) is 3.10. The van der Waals surface area contributed by atoms with Crippen molar-refractivity contribution in [2.75, 3.05) is 31.0 Å². The second-order valence-electron chi connectivity index (χ2n) is 7.81. The number of hydrogen-bond acceptors (Lipinski definition) is 7. The summed E-state index contributed by atoms with van der Waals surface area (Å²) in [5.74, 6) is 0.768. The molecule has 2 heterocycles. The van der Waals surface area contributed by atoms with Crippen LogP contribution in [0.25, 0.3) is 0 Å². The van der Waals surface area contributed by atoms with Gasteiger partial charge in [-0.05, 0) is 54.5 Å². The van der Waals surface area contributed by atoms with E-state index < -0.39 is 6.04 Å². The lowest BCUT2D eigenvalue weighted by molar-refractivity contribution is -0.124. The number of amides is 2. The minimum Gasteiger partial charge on any atom is -0.497 e. The van der Waals surface area contributed by atoms with Gasteiger partial charge in [-0.3, -0.25) is 14.5 Å². The van der Waals surface area contributed by atoms with Crippen molar-refractivity contribution in [1.82, 2.24) is 15.1 Å². The van der Waals surface area contributed by atoms with Crippen LogP contribution in [0.1, 0.15) is 12.0 Å². The Morgan fingerprint density at radius 1 is 1.00 bits per heavy atom. The molecule has 10 heteroatoms. The third kappa shape index (κ3) is 5.55. The number of carbonyl (C=O) groups excluding carboxylic acids is 2. The minimum absolute atomic E-state index is 0.0847. The van der Waals surface area contributed by atoms with Gasteiger partial charge in [0.05, 0.1) is 26.3 Å². The van der Waals surface area contributed by atoms with Crippen molar-refractivity contribution in [3.63, 3.8) is 0 Å². The summed E-state index contributed by atoms with van der Waals surface area (Å²) >= 11 is 5.71. The van der Waals surface area contributed by atoms with Gasteiger partial charge in [-0.1, -0.05) is 30.3 Å². The Kier molecular flexibility index (Phi) is 7.51. The van der Waals surface area contributed by atoms with Crippen LogP contribution in [0.15, 0.2) is 66.7 Å². The van der Waals surface area contributed by atoms with Crippen LogP contribution in [-0.4, -0.2) is 58.8 Å². The first-order valence-corrected chi connectivity index (χ1v) is 11.4. The lowest BCUT2D eigenvalue weighted by Gasteiger charge is -2.24. The van der Waals surface area contributed by atoms with E-state index in [1.54, 1.807) is 19.2 Å². The van der Waals surface area contributed by atoms with Gasteiger partial charge >= 0.3 is 0 Å². The molecule has 0 aliphatic carbocycles. The lowest BCUT2D eigenvalue weighted by atomic mass is 10.1. The number of anilines is 2. The maximum absolute atomic E-state index is 13.4. The van der Waals surface area contributed by atoms with Gasteiger partial charge in [-0.15, -0.1) is 10.2 Å². The molecule has 1 aliphatic rings. The molecule has 1 fully saturated rings. The van der Waals surface area contributed by atoms with Crippen LogP contribution >= 0.6 is 12.2 Å². The molecule has 3 aromatic rings. The molecule has 0 radical (unpaired) electrons. The Bertz CT molecular complexity index is 1190. The van der Waals surface area contributed by atoms with Crippen molar-refractivity contribution in [1.29, 1.82) is 0 Å². The van der Waals surface area contributed by atoms with E-state index in [2.05, 4.69) is 15.5 Å². The standard InChI is InChI=1S/C25H25N5O4S/c1-33-19-10-8-17(9-11-19)14-15-29-20(16-22(31)26-21-12-13-23(34-2)28-27-21)24(32)30(25(29)35)18-6-4-3-5-7-18/h3-13,20H,14-16H2,1-2H3,(H,26,27,31). The zero-order valence-corrected chi connectivity index (χ0v) is 20.2. The molecule has 0 bridgehead atoms. The maximum Gasteiger partial charge on any atom is 0.256 e. The summed E-state index contributed by atoms with van der Waals surface area (Å²) in [6.45, 7) is 0.473. The number of methoxy groups -OCH3 is 2. The molecule has 2 amide bonds. The molecule has 1 N–H and O–H groups in total. The largest absolute Gasteiger partial charge is 0.497 e. The van der Waals surface area contributed by atoms with Gasteiger partial charge in [0.1, 0.15) is 11.8 Å². The number of hydrogen-bond donors (Lipinski definition) is 1. The highest BCUT2D eigenvalue weighted by atomic mass is 32.1. The molecular weight excluding hydrogens is 466 g/mol. The van der Waals surface area contributed by atoms with Crippen LogP contribution in [0, 0.1) is 0 Å². The van der Waals surface area contributed by atoms with E-state index in [9.17, 15) is 9.59 Å². The Hall–Kier alpha value is -4.05. The SMILES string of the molecule is COc1ccc(CCN2C(=S)N(c3ccccc3)C(=O)C2CC(=O)Nc2ccc(OC)nn2)cc1. The predicted octanol–water partition coefficient (Wildman–Crippen LogP) is 3.07. The maximum atomic E-state index is 13.4. The van der Waals surface area contributed by atoms with Gasteiger partial charge in [-0.2, -0.15) is 0 Å². The molecule has 1 saturated heterocycles. The highest BCUT2D eigenvalue weighted by molar-refractivity contribution is 7.80. The number of ether oxygens (including phenoxy) is 2. The van der Waals surface area contributed by atoms with Gasteiger partial charge in [0.15, 0.2) is 10.9 Å². The third-order valence-corrected chi connectivity index (χ3v) is 6.05. The van der Waals surface area contributed by atoms with Crippen LogP contribution in [0.3, 0.4) is 0 Å². The monoisotopic (exact) mass is 491 g/mol. The number of nitrogens with zero attached hydrogens (tertiary/aromatic N) is 4. The summed E-state index contributed by atoms with van der Waals surface area (Å²) in [5.41, 5.74) is 1.73. The van der Waals surface area contributed by atoms with Gasteiger partial charge < -0.3 is 19.7 Å². The van der Waals surface area contributed by atoms with Crippen molar-refractivity contribution < 1.29 is 19.1 Å². The summed E-state index contributed by atoms with van der Waals surface area (Å²) in [6, 6.07) is 19.4. The topological polar surface area (TPSA) is 96.9 Å². The minimum atomic E-state index is -0.743. The quantitative estimate of drug-likeness (QED) is 0.456. The summed E-state index contributed by atoms with van der Waals surface area (Å²) < 4.78 is 10.2. The van der Waals surface area contributed by atoms with Crippen molar-refractivity contribution in [2.24, 2.45) is 0 Å². The number of aromatic nitrogens is 2. The number of para-hydroxylation sites is 1. The van der Waals surface area contributed by atoms with Gasteiger partial charge in [0.2, 0.25) is 11.8 Å². The normalized spacial score (nSPS) is 15.3. The smallest absolute Gasteiger partial charge is 0.256 e. The highest BCUT2D eigenvalue weighted by Crippen LogP contribution is 2.27. The van der Waals surface area contributed by atoms with E-state index >= 15 is 0 Å². The van der Waals surface area contributed by atoms with E-state index in [-0.39, 0.29) is 24.1 Å². The summed E-state index contributed by atoms with van der Waals surface area (Å²) in [4.78, 5) is 29.6. The molecular formula is C25H25N5O4S. The van der Waals surface area contributed by atoms with E-state index in [0.717, 1.165) is 11.3 Å². The average Bonchev–Trinajstić information content (AvgIpc) is 3.12. The highest BCUT2D eigenvalue weighted by Gasteiger charge is 2.43. The predicted molar refractivity (Wildman–Crippen MR) is 136 cm³/mol. The van der Waals surface area contributed by atoms with Gasteiger partial charge in [0, 0.05) is 12.6 Å². The third-order valence-electron chi connectivity index (χ3n) is 5.63. The number of nitrogens with one attached hydrogen (secondary N) is 1. The summed E-state index contributed by atoms with van der Waals surface area (Å²) in [6.07, 6.45) is 0.556.